The maximum absolute atomic E-state index is 12.7. The number of carbonyl (C=O) groups excluding carboxylic acids is 3. The molecule has 1 aliphatic carbocycles. The molecule has 0 aliphatic heterocycles. The minimum atomic E-state index is -4.44. The predicted octanol–water partition coefficient (Wildman–Crippen LogP) is 9.86. The summed E-state index contributed by atoms with van der Waals surface area (Å²) in [6.45, 7) is 3.99. The summed E-state index contributed by atoms with van der Waals surface area (Å²) in [5, 5.41) is 10.2. The molecule has 11 nitrogen and oxygen atoms in total. The average Bonchev–Trinajstić information content (AvgIpc) is 3.52. The molecule has 1 unspecified atom stereocenters. The number of aliphatic hydroxyl groups is 1. The number of phosphoric acid groups is 1. The number of ether oxygens (including phenoxy) is 2. The van der Waals surface area contributed by atoms with E-state index in [1.165, 1.54) is 19.3 Å². The molecular weight excluding hydrogens is 757 g/mol. The fourth-order valence-corrected chi connectivity index (χ4v) is 6.63. The van der Waals surface area contributed by atoms with Crippen LogP contribution in [0.25, 0.3) is 0 Å². The number of hydrogen-bond donors (Lipinski definition) is 2. The summed E-state index contributed by atoms with van der Waals surface area (Å²) in [5.41, 5.74) is 0. The second-order valence-corrected chi connectivity index (χ2v) is 17.5. The number of quaternary nitrogens is 1. The van der Waals surface area contributed by atoms with E-state index in [2.05, 4.69) is 50.3 Å². The first-order valence-corrected chi connectivity index (χ1v) is 23.2. The maximum Gasteiger partial charge on any atom is 0.472 e. The van der Waals surface area contributed by atoms with Gasteiger partial charge in [-0.1, -0.05) is 113 Å². The van der Waals surface area contributed by atoms with Gasteiger partial charge in [-0.05, 0) is 82.6 Å². The molecule has 0 saturated carbocycles. The van der Waals surface area contributed by atoms with Gasteiger partial charge >= 0.3 is 19.8 Å². The number of phosphoric ester groups is 1. The first kappa shape index (κ1) is 53.1. The smallest absolute Gasteiger partial charge is 0.462 e. The van der Waals surface area contributed by atoms with Crippen LogP contribution in [0.15, 0.2) is 72.9 Å². The van der Waals surface area contributed by atoms with Gasteiger partial charge in [-0.25, -0.2) is 4.57 Å². The van der Waals surface area contributed by atoms with E-state index >= 15 is 0 Å². The van der Waals surface area contributed by atoms with Crippen molar-refractivity contribution in [3.63, 3.8) is 0 Å². The molecule has 0 aromatic carbocycles. The van der Waals surface area contributed by atoms with Crippen molar-refractivity contribution in [1.29, 1.82) is 0 Å². The van der Waals surface area contributed by atoms with Crippen molar-refractivity contribution in [2.45, 2.75) is 142 Å². The Morgan fingerprint density at radius 1 is 0.793 bits per heavy atom. The van der Waals surface area contributed by atoms with Gasteiger partial charge in [-0.15, -0.1) is 0 Å². The Bertz CT molecular complexity index is 1360. The fourth-order valence-electron chi connectivity index (χ4n) is 5.89. The van der Waals surface area contributed by atoms with Crippen molar-refractivity contribution in [3.8, 4) is 0 Å². The van der Waals surface area contributed by atoms with Gasteiger partial charge in [0.25, 0.3) is 0 Å². The van der Waals surface area contributed by atoms with Crippen molar-refractivity contribution < 1.29 is 52.0 Å². The zero-order chi connectivity index (χ0) is 42.9. The Labute approximate surface area is 350 Å². The number of rotatable bonds is 35. The van der Waals surface area contributed by atoms with E-state index in [-0.39, 0.29) is 43.7 Å². The van der Waals surface area contributed by atoms with Crippen LogP contribution in [0, 0.1) is 11.8 Å². The molecule has 0 saturated heterocycles. The van der Waals surface area contributed by atoms with Gasteiger partial charge in [-0.3, -0.25) is 23.4 Å². The van der Waals surface area contributed by atoms with Gasteiger partial charge in [0.05, 0.1) is 33.9 Å². The van der Waals surface area contributed by atoms with Crippen molar-refractivity contribution in [3.05, 3.63) is 72.9 Å². The van der Waals surface area contributed by atoms with Gasteiger partial charge in [0.2, 0.25) is 0 Å². The molecular formula is C46H77NO10P+. The van der Waals surface area contributed by atoms with Crippen LogP contribution < -0.4 is 0 Å². The standard InChI is InChI=1S/C46H76NO10P/c1-6-8-10-11-12-13-14-15-16-17-18-19-20-21-27-31-46(51)57-42(39-56-58(52,53)55-37-36-47(3,4)5)38-54-45(50)30-26-23-22-25-28-40-32-35-44(49)43(40)34-33-41(48)29-24-9-7-2/h12-13,15-16,18-19,22,25,32-35,40-43,48H,6-11,14,17,20-21,23-24,26-31,36-39H2,1-5H3/p+1/b13-12-,16-15-,19-18-,25-22-,34-33+/t40-,41-,42+,43+/m0/s1. The number of likely N-dealkylation sites (N-methyl/N-ethyl adjacent to an activating group) is 1. The van der Waals surface area contributed by atoms with Crippen molar-refractivity contribution in [2.75, 3.05) is 47.5 Å². The summed E-state index contributed by atoms with van der Waals surface area (Å²) in [5.74, 6) is -1.21. The Morgan fingerprint density at radius 2 is 1.40 bits per heavy atom. The van der Waals surface area contributed by atoms with Gasteiger partial charge in [0.1, 0.15) is 19.8 Å². The van der Waals surface area contributed by atoms with E-state index < -0.39 is 38.6 Å². The molecule has 0 aromatic rings. The van der Waals surface area contributed by atoms with Crippen LogP contribution in [0.3, 0.4) is 0 Å². The molecule has 2 N–H and O–H groups in total. The number of esters is 2. The van der Waals surface area contributed by atoms with Crippen LogP contribution >= 0.6 is 7.82 Å². The molecule has 0 fully saturated rings. The third kappa shape index (κ3) is 30.2. The quantitative estimate of drug-likeness (QED) is 0.0208. The summed E-state index contributed by atoms with van der Waals surface area (Å²) in [6.07, 6.45) is 37.3. The lowest BCUT2D eigenvalue weighted by atomic mass is 9.90. The Hall–Kier alpha value is -2.92. The SMILES string of the molecule is CCCCC/C=C\C/C=C\C/C=C\CCCCC(=O)O[C@H](COC(=O)CCC/C=C\C[C@H]1C=CC(=O)[C@@H]1/C=C/[C@@H](O)CCCCC)COP(=O)(O)OCC[N+](C)(C)C. The number of aliphatic hydroxyl groups excluding tert-OH is 1. The second-order valence-electron chi connectivity index (χ2n) is 16.0. The molecule has 0 spiro atoms. The van der Waals surface area contributed by atoms with Crippen molar-refractivity contribution in [1.82, 2.24) is 0 Å². The van der Waals surface area contributed by atoms with E-state index in [1.54, 1.807) is 12.2 Å². The molecule has 0 radical (unpaired) electrons. The molecule has 58 heavy (non-hydrogen) atoms. The molecule has 0 amide bonds. The van der Waals surface area contributed by atoms with Crippen LogP contribution in [-0.4, -0.2) is 91.9 Å². The first-order chi connectivity index (χ1) is 27.8. The molecule has 5 atom stereocenters. The minimum absolute atomic E-state index is 0.0110. The van der Waals surface area contributed by atoms with Gasteiger partial charge in [0.15, 0.2) is 11.9 Å². The van der Waals surface area contributed by atoms with Crippen LogP contribution in [0.2, 0.25) is 0 Å². The molecule has 0 bridgehead atoms. The lowest BCUT2D eigenvalue weighted by Gasteiger charge is -2.24. The van der Waals surface area contributed by atoms with Crippen LogP contribution in [0.4, 0.5) is 0 Å². The monoisotopic (exact) mass is 835 g/mol. The predicted molar refractivity (Wildman–Crippen MR) is 233 cm³/mol. The second kappa shape index (κ2) is 32.9. The maximum atomic E-state index is 12.7. The van der Waals surface area contributed by atoms with Gasteiger partial charge in [-0.2, -0.15) is 0 Å². The van der Waals surface area contributed by atoms with Crippen LogP contribution in [0.1, 0.15) is 129 Å². The van der Waals surface area contributed by atoms with Crippen LogP contribution in [-0.2, 0) is 37.5 Å². The number of allylic oxidation sites excluding steroid dienone is 11. The molecule has 1 aliphatic rings. The third-order valence-electron chi connectivity index (χ3n) is 9.46. The number of carbonyl (C=O) groups is 3. The van der Waals surface area contributed by atoms with Crippen LogP contribution in [0.5, 0.6) is 0 Å². The van der Waals surface area contributed by atoms with E-state index in [4.69, 9.17) is 18.5 Å². The highest BCUT2D eigenvalue weighted by Gasteiger charge is 2.28. The zero-order valence-corrected chi connectivity index (χ0v) is 37.2. The fraction of sp³-hybridized carbons (Fsp3) is 0.674. The number of unbranched alkanes of at least 4 members (excludes halogenated alkanes) is 8. The normalized spacial score (nSPS) is 18.4. The number of hydrogen-bond acceptors (Lipinski definition) is 9. The molecule has 12 heteroatoms. The number of nitrogens with zero attached hydrogens (tertiary/aromatic N) is 1. The first-order valence-electron chi connectivity index (χ1n) is 21.7. The van der Waals surface area contributed by atoms with E-state index in [0.29, 0.717) is 43.1 Å². The average molecular weight is 835 g/mol. The Kier molecular flexibility index (Phi) is 30.1. The zero-order valence-electron chi connectivity index (χ0n) is 36.3. The number of ketones is 1. The van der Waals surface area contributed by atoms with E-state index in [1.807, 2.05) is 45.4 Å². The molecule has 330 valence electrons. The highest BCUT2D eigenvalue weighted by molar-refractivity contribution is 7.47. The third-order valence-corrected chi connectivity index (χ3v) is 10.4. The van der Waals surface area contributed by atoms with Gasteiger partial charge in [0, 0.05) is 18.8 Å². The minimum Gasteiger partial charge on any atom is -0.462 e. The van der Waals surface area contributed by atoms with E-state index in [0.717, 1.165) is 51.4 Å². The highest BCUT2D eigenvalue weighted by atomic mass is 31.2. The molecule has 1 rings (SSSR count). The van der Waals surface area contributed by atoms with Gasteiger partial charge < -0.3 is 24.0 Å². The summed E-state index contributed by atoms with van der Waals surface area (Å²) < 4.78 is 34.2. The molecule has 0 aromatic heterocycles. The Balaban J connectivity index is 2.51. The summed E-state index contributed by atoms with van der Waals surface area (Å²) >= 11 is 0. The summed E-state index contributed by atoms with van der Waals surface area (Å²) in [4.78, 5) is 47.9. The summed E-state index contributed by atoms with van der Waals surface area (Å²) in [7, 11) is 1.33. The highest BCUT2D eigenvalue weighted by Crippen LogP contribution is 2.43. The molecule has 0 heterocycles. The van der Waals surface area contributed by atoms with Crippen molar-refractivity contribution >= 4 is 25.5 Å². The van der Waals surface area contributed by atoms with Crippen molar-refractivity contribution in [2.24, 2.45) is 11.8 Å². The largest absolute Gasteiger partial charge is 0.472 e. The lowest BCUT2D eigenvalue weighted by Crippen LogP contribution is -2.37. The Morgan fingerprint density at radius 3 is 2.07 bits per heavy atom. The lowest BCUT2D eigenvalue weighted by molar-refractivity contribution is -0.870. The van der Waals surface area contributed by atoms with E-state index in [9.17, 15) is 28.9 Å². The summed E-state index contributed by atoms with van der Waals surface area (Å²) in [6, 6.07) is 0. The topological polar surface area (TPSA) is 146 Å².